The first-order valence-corrected chi connectivity index (χ1v) is 11.4. The van der Waals surface area contributed by atoms with Gasteiger partial charge in [-0.2, -0.15) is 13.2 Å². The number of aryl methyl sites for hydroxylation is 2. The molecule has 2 amide bonds. The number of hydrogen-bond donors (Lipinski definition) is 5. The Bertz CT molecular complexity index is 1400. The molecule has 0 unspecified atom stereocenters. The van der Waals surface area contributed by atoms with E-state index in [1.165, 1.54) is 10.8 Å². The molecule has 0 radical (unpaired) electrons. The number of aromatic nitrogens is 3. The van der Waals surface area contributed by atoms with Crippen molar-refractivity contribution >= 4 is 29.6 Å². The Morgan fingerprint density at radius 3 is 2.35 bits per heavy atom. The van der Waals surface area contributed by atoms with Crippen LogP contribution < -0.4 is 27.5 Å². The van der Waals surface area contributed by atoms with Gasteiger partial charge >= 0.3 is 18.2 Å². The standard InChI is InChI=1S/C22H25N7O4.C2HF3O2/c1-14-10-25-20(27-28-22(32)33-13-16-6-4-3-5-7-16)21(31)29(14)12-19(30)24-11-17-8-9-18(23)26-15(17)2;3-2(4,5)1(6)7/h3-10H,11-13H2,1-2H3,(H2,23,26)(H,24,30)(H,25,27)(H,28,32);(H,6,7). The molecule has 0 aliphatic heterocycles. The van der Waals surface area contributed by atoms with Crippen molar-refractivity contribution in [3.05, 3.63) is 81.5 Å². The van der Waals surface area contributed by atoms with Gasteiger partial charge in [-0.25, -0.2) is 25.0 Å². The molecule has 1 aromatic carbocycles. The van der Waals surface area contributed by atoms with Crippen molar-refractivity contribution < 1.29 is 37.4 Å². The summed E-state index contributed by atoms with van der Waals surface area (Å²) in [7, 11) is 0. The van der Waals surface area contributed by atoms with E-state index in [-0.39, 0.29) is 31.4 Å². The van der Waals surface area contributed by atoms with E-state index >= 15 is 0 Å². The third kappa shape index (κ3) is 9.96. The first-order valence-electron chi connectivity index (χ1n) is 11.4. The van der Waals surface area contributed by atoms with Crippen LogP contribution in [0.2, 0.25) is 0 Å². The third-order valence-corrected chi connectivity index (χ3v) is 4.99. The van der Waals surface area contributed by atoms with E-state index < -0.39 is 23.8 Å². The molecule has 2 heterocycles. The van der Waals surface area contributed by atoms with Crippen molar-refractivity contribution in [2.45, 2.75) is 39.7 Å². The Morgan fingerprint density at radius 2 is 1.75 bits per heavy atom. The molecule has 6 N–H and O–H groups in total. The summed E-state index contributed by atoms with van der Waals surface area (Å²) in [5.41, 5.74) is 12.6. The first-order chi connectivity index (χ1) is 18.8. The van der Waals surface area contributed by atoms with Gasteiger partial charge in [0, 0.05) is 24.1 Å². The number of benzene rings is 1. The van der Waals surface area contributed by atoms with Gasteiger partial charge < -0.3 is 20.9 Å². The van der Waals surface area contributed by atoms with Crippen molar-refractivity contribution in [2.24, 2.45) is 0 Å². The number of halogens is 3. The van der Waals surface area contributed by atoms with E-state index in [0.29, 0.717) is 17.2 Å². The summed E-state index contributed by atoms with van der Waals surface area (Å²) in [6.45, 7) is 3.55. The molecule has 0 fully saturated rings. The number of aliphatic carboxylic acids is 1. The number of nitrogens with zero attached hydrogens (tertiary/aromatic N) is 3. The SMILES string of the molecule is Cc1nc(N)ccc1CNC(=O)Cn1c(C)cnc(NNC(=O)OCc2ccccc2)c1=O.O=C(O)C(F)(F)F. The molecule has 16 heteroatoms. The quantitative estimate of drug-likeness (QED) is 0.253. The molecule has 2 aromatic heterocycles. The van der Waals surface area contributed by atoms with Gasteiger partial charge in [0.05, 0.1) is 0 Å². The fourth-order valence-electron chi connectivity index (χ4n) is 2.91. The predicted octanol–water partition coefficient (Wildman–Crippen LogP) is 2.04. The van der Waals surface area contributed by atoms with Crippen molar-refractivity contribution in [1.82, 2.24) is 25.3 Å². The highest BCUT2D eigenvalue weighted by atomic mass is 19.4. The lowest BCUT2D eigenvalue weighted by Crippen LogP contribution is -2.38. The number of hydrogen-bond acceptors (Lipinski definition) is 9. The Morgan fingerprint density at radius 1 is 1.10 bits per heavy atom. The average Bonchev–Trinajstić information content (AvgIpc) is 2.89. The maximum absolute atomic E-state index is 12.7. The second-order valence-corrected chi connectivity index (χ2v) is 8.01. The zero-order valence-electron chi connectivity index (χ0n) is 21.3. The summed E-state index contributed by atoms with van der Waals surface area (Å²) < 4.78 is 38.1. The number of nitrogen functional groups attached to an aromatic ring is 1. The molecule has 0 bridgehead atoms. The van der Waals surface area contributed by atoms with Crippen molar-refractivity contribution in [1.29, 1.82) is 0 Å². The number of ether oxygens (including phenoxy) is 1. The van der Waals surface area contributed by atoms with E-state index in [9.17, 15) is 27.6 Å². The number of anilines is 2. The number of alkyl halides is 3. The van der Waals surface area contributed by atoms with Crippen LogP contribution in [0.15, 0.2) is 53.5 Å². The third-order valence-electron chi connectivity index (χ3n) is 4.99. The van der Waals surface area contributed by atoms with E-state index in [2.05, 4.69) is 26.1 Å². The van der Waals surface area contributed by atoms with Crippen LogP contribution in [0.1, 0.15) is 22.5 Å². The van der Waals surface area contributed by atoms with E-state index in [0.717, 1.165) is 11.1 Å². The highest BCUT2D eigenvalue weighted by molar-refractivity contribution is 5.76. The van der Waals surface area contributed by atoms with Crippen LogP contribution in [0.5, 0.6) is 0 Å². The van der Waals surface area contributed by atoms with Crippen LogP contribution in [0.25, 0.3) is 0 Å². The number of pyridine rings is 1. The van der Waals surface area contributed by atoms with E-state index in [1.807, 2.05) is 30.3 Å². The van der Waals surface area contributed by atoms with E-state index in [4.69, 9.17) is 20.4 Å². The van der Waals surface area contributed by atoms with Crippen LogP contribution >= 0.6 is 0 Å². The second kappa shape index (κ2) is 14.1. The number of nitrogens with two attached hydrogens (primary N) is 1. The molecule has 0 saturated heterocycles. The highest BCUT2D eigenvalue weighted by Crippen LogP contribution is 2.13. The van der Waals surface area contributed by atoms with Gasteiger partial charge in [-0.3, -0.25) is 19.6 Å². The maximum Gasteiger partial charge on any atom is 0.490 e. The molecule has 0 atom stereocenters. The second-order valence-electron chi connectivity index (χ2n) is 8.01. The Kier molecular flexibility index (Phi) is 11.0. The van der Waals surface area contributed by atoms with Gasteiger partial charge in [0.15, 0.2) is 0 Å². The van der Waals surface area contributed by atoms with Gasteiger partial charge in [-0.15, -0.1) is 0 Å². The molecule has 13 nitrogen and oxygen atoms in total. The Balaban J connectivity index is 0.000000708. The molecule has 40 heavy (non-hydrogen) atoms. The van der Waals surface area contributed by atoms with Crippen LogP contribution in [0.4, 0.5) is 29.6 Å². The number of carboxylic acid groups (broad SMARTS) is 1. The first kappa shape index (κ1) is 31.1. The average molecular weight is 566 g/mol. The van der Waals surface area contributed by atoms with Gasteiger partial charge in [-0.1, -0.05) is 36.4 Å². The predicted molar refractivity (Wildman–Crippen MR) is 136 cm³/mol. The van der Waals surface area contributed by atoms with Crippen molar-refractivity contribution in [3.63, 3.8) is 0 Å². The number of nitrogens with one attached hydrogen (secondary N) is 3. The van der Waals surface area contributed by atoms with Gasteiger partial charge in [0.25, 0.3) is 5.56 Å². The number of hydrazine groups is 1. The van der Waals surface area contributed by atoms with Gasteiger partial charge in [-0.05, 0) is 31.0 Å². The lowest BCUT2D eigenvalue weighted by Gasteiger charge is -2.13. The zero-order valence-corrected chi connectivity index (χ0v) is 21.3. The molecule has 214 valence electrons. The Hall–Kier alpha value is -5.15. The monoisotopic (exact) mass is 565 g/mol. The number of rotatable bonds is 8. The highest BCUT2D eigenvalue weighted by Gasteiger charge is 2.38. The molecule has 0 aliphatic carbocycles. The molecule has 0 spiro atoms. The van der Waals surface area contributed by atoms with Gasteiger partial charge in [0.2, 0.25) is 11.7 Å². The van der Waals surface area contributed by atoms with Crippen LogP contribution in [0, 0.1) is 13.8 Å². The summed E-state index contributed by atoms with van der Waals surface area (Å²) in [5.74, 6) is -2.88. The number of carbonyl (C=O) groups is 3. The summed E-state index contributed by atoms with van der Waals surface area (Å²) in [5, 5.41) is 9.88. The molecular formula is C24H26F3N7O6. The summed E-state index contributed by atoms with van der Waals surface area (Å²) in [6.07, 6.45) is -4.44. The lowest BCUT2D eigenvalue weighted by molar-refractivity contribution is -0.192. The summed E-state index contributed by atoms with van der Waals surface area (Å²) in [6, 6.07) is 12.6. The molecule has 3 rings (SSSR count). The minimum atomic E-state index is -5.08. The van der Waals surface area contributed by atoms with Gasteiger partial charge in [0.1, 0.15) is 19.0 Å². The smallest absolute Gasteiger partial charge is 0.475 e. The zero-order chi connectivity index (χ0) is 29.9. The van der Waals surface area contributed by atoms with Crippen LogP contribution in [-0.2, 0) is 34.0 Å². The molecular weight excluding hydrogens is 539 g/mol. The summed E-state index contributed by atoms with van der Waals surface area (Å²) in [4.78, 5) is 54.1. The minimum Gasteiger partial charge on any atom is -0.475 e. The topological polar surface area (TPSA) is 191 Å². The lowest BCUT2D eigenvalue weighted by atomic mass is 10.2. The van der Waals surface area contributed by atoms with Crippen LogP contribution in [-0.4, -0.2) is 43.8 Å². The minimum absolute atomic E-state index is 0.0725. The van der Waals surface area contributed by atoms with E-state index in [1.54, 1.807) is 26.0 Å². The van der Waals surface area contributed by atoms with Crippen LogP contribution in [0.3, 0.4) is 0 Å². The largest absolute Gasteiger partial charge is 0.490 e. The molecule has 0 aliphatic rings. The summed E-state index contributed by atoms with van der Waals surface area (Å²) >= 11 is 0. The number of carboxylic acids is 1. The fraction of sp³-hybridized carbons (Fsp3) is 0.250. The maximum atomic E-state index is 12.7. The molecule has 3 aromatic rings. The number of amides is 2. The Labute approximate surface area is 225 Å². The molecule has 0 saturated carbocycles. The normalized spacial score (nSPS) is 10.5. The van der Waals surface area contributed by atoms with Crippen molar-refractivity contribution in [2.75, 3.05) is 11.2 Å². The van der Waals surface area contributed by atoms with Crippen molar-refractivity contribution in [3.8, 4) is 0 Å². The fourth-order valence-corrected chi connectivity index (χ4v) is 2.91. The number of carbonyl (C=O) groups excluding carboxylic acids is 2.